The van der Waals surface area contributed by atoms with Crippen LogP contribution in [0.5, 0.6) is 5.75 Å². The maximum atomic E-state index is 12.1. The highest BCUT2D eigenvalue weighted by Gasteiger charge is 2.17. The van der Waals surface area contributed by atoms with E-state index in [9.17, 15) is 4.79 Å². The third-order valence-corrected chi connectivity index (χ3v) is 4.66. The second-order valence-corrected chi connectivity index (χ2v) is 6.63. The Hall–Kier alpha value is -2.96. The number of nitrogens with one attached hydrogen (secondary N) is 2. The van der Waals surface area contributed by atoms with Gasteiger partial charge in [-0.15, -0.1) is 0 Å². The standard InChI is InChI=1S/C19H22N4O3/c1-13-8-14-9-16(11-20-19(24)23-5-2-3-6-23)21-17(14)10-18(13)25-12-15-4-7-26-22-15/h4,7-10,21H,2-3,5-6,11-12H2,1H3,(H,20,24). The molecule has 3 aromatic rings. The van der Waals surface area contributed by atoms with Crippen molar-refractivity contribution in [1.29, 1.82) is 0 Å². The van der Waals surface area contributed by atoms with Gasteiger partial charge in [0.15, 0.2) is 0 Å². The zero-order valence-corrected chi connectivity index (χ0v) is 14.7. The molecule has 136 valence electrons. The number of fused-ring (bicyclic) bond motifs is 1. The van der Waals surface area contributed by atoms with Gasteiger partial charge in [-0.1, -0.05) is 5.16 Å². The van der Waals surface area contributed by atoms with Gasteiger partial charge in [0.25, 0.3) is 0 Å². The molecule has 0 spiro atoms. The van der Waals surface area contributed by atoms with Crippen LogP contribution in [0.15, 0.2) is 35.1 Å². The van der Waals surface area contributed by atoms with E-state index in [0.29, 0.717) is 13.2 Å². The first-order chi connectivity index (χ1) is 12.7. The van der Waals surface area contributed by atoms with Crippen LogP contribution in [0, 0.1) is 6.92 Å². The summed E-state index contributed by atoms with van der Waals surface area (Å²) in [4.78, 5) is 17.3. The van der Waals surface area contributed by atoms with Crippen molar-refractivity contribution in [3.05, 3.63) is 47.5 Å². The highest BCUT2D eigenvalue weighted by molar-refractivity contribution is 5.83. The third-order valence-electron chi connectivity index (χ3n) is 4.66. The number of nitrogens with zero attached hydrogens (tertiary/aromatic N) is 2. The molecule has 2 N–H and O–H groups in total. The third kappa shape index (κ3) is 3.51. The van der Waals surface area contributed by atoms with Gasteiger partial charge in [0.05, 0.1) is 6.54 Å². The molecule has 1 saturated heterocycles. The molecule has 0 unspecified atom stereocenters. The summed E-state index contributed by atoms with van der Waals surface area (Å²) in [5.74, 6) is 0.801. The number of rotatable bonds is 5. The molecule has 0 saturated carbocycles. The number of aryl methyl sites for hydroxylation is 1. The minimum atomic E-state index is 0.00831. The van der Waals surface area contributed by atoms with Crippen LogP contribution in [-0.4, -0.2) is 34.2 Å². The molecule has 7 nitrogen and oxygen atoms in total. The van der Waals surface area contributed by atoms with Crippen LogP contribution in [0.1, 0.15) is 29.8 Å². The Morgan fingerprint density at radius 3 is 2.96 bits per heavy atom. The summed E-state index contributed by atoms with van der Waals surface area (Å²) in [6.07, 6.45) is 3.72. The summed E-state index contributed by atoms with van der Waals surface area (Å²) in [5.41, 5.74) is 3.76. The van der Waals surface area contributed by atoms with Crippen LogP contribution in [-0.2, 0) is 13.2 Å². The minimum Gasteiger partial charge on any atom is -0.487 e. The van der Waals surface area contributed by atoms with Crippen LogP contribution in [0.2, 0.25) is 0 Å². The molecule has 1 fully saturated rings. The first kappa shape index (κ1) is 16.5. The zero-order chi connectivity index (χ0) is 17.9. The summed E-state index contributed by atoms with van der Waals surface area (Å²) in [7, 11) is 0. The second kappa shape index (κ2) is 7.11. The number of carbonyl (C=O) groups excluding carboxylic acids is 1. The number of hydrogen-bond acceptors (Lipinski definition) is 4. The lowest BCUT2D eigenvalue weighted by Gasteiger charge is -2.15. The minimum absolute atomic E-state index is 0.00831. The Bertz CT molecular complexity index is 895. The Morgan fingerprint density at radius 2 is 2.19 bits per heavy atom. The van der Waals surface area contributed by atoms with E-state index in [-0.39, 0.29) is 6.03 Å². The van der Waals surface area contributed by atoms with Gasteiger partial charge in [0.1, 0.15) is 24.3 Å². The molecule has 0 atom stereocenters. The van der Waals surface area contributed by atoms with Gasteiger partial charge in [-0.2, -0.15) is 0 Å². The number of aromatic nitrogens is 2. The van der Waals surface area contributed by atoms with Gasteiger partial charge in [0.2, 0.25) is 0 Å². The van der Waals surface area contributed by atoms with E-state index in [1.165, 1.54) is 6.26 Å². The van der Waals surface area contributed by atoms with Gasteiger partial charge < -0.3 is 24.5 Å². The summed E-state index contributed by atoms with van der Waals surface area (Å²) in [5, 5.41) is 7.93. The van der Waals surface area contributed by atoms with Crippen molar-refractivity contribution in [3.63, 3.8) is 0 Å². The molecule has 26 heavy (non-hydrogen) atoms. The number of H-pyrrole nitrogens is 1. The Labute approximate surface area is 151 Å². The average Bonchev–Trinajstić information content (AvgIpc) is 3.38. The van der Waals surface area contributed by atoms with Crippen molar-refractivity contribution in [2.24, 2.45) is 0 Å². The van der Waals surface area contributed by atoms with E-state index >= 15 is 0 Å². The molecular formula is C19H22N4O3. The molecule has 7 heteroatoms. The number of likely N-dealkylation sites (tertiary alicyclic amines) is 1. The first-order valence-electron chi connectivity index (χ1n) is 8.86. The quantitative estimate of drug-likeness (QED) is 0.736. The molecule has 2 aromatic heterocycles. The molecule has 2 amide bonds. The topological polar surface area (TPSA) is 83.4 Å². The van der Waals surface area contributed by atoms with E-state index < -0.39 is 0 Å². The van der Waals surface area contributed by atoms with Gasteiger partial charge in [-0.3, -0.25) is 0 Å². The molecule has 0 aliphatic carbocycles. The summed E-state index contributed by atoms with van der Waals surface area (Å²) < 4.78 is 10.7. The van der Waals surface area contributed by atoms with Gasteiger partial charge >= 0.3 is 6.03 Å². The lowest BCUT2D eigenvalue weighted by atomic mass is 10.1. The van der Waals surface area contributed by atoms with Crippen LogP contribution in [0.3, 0.4) is 0 Å². The molecule has 0 radical (unpaired) electrons. The number of benzene rings is 1. The summed E-state index contributed by atoms with van der Waals surface area (Å²) in [6.45, 7) is 4.56. The number of urea groups is 1. The normalized spacial score (nSPS) is 14.1. The second-order valence-electron chi connectivity index (χ2n) is 6.63. The molecule has 3 heterocycles. The molecular weight excluding hydrogens is 332 g/mol. The molecule has 1 aromatic carbocycles. The van der Waals surface area contributed by atoms with Crippen molar-refractivity contribution < 1.29 is 14.1 Å². The maximum Gasteiger partial charge on any atom is 0.317 e. The zero-order valence-electron chi connectivity index (χ0n) is 14.7. The van der Waals surface area contributed by atoms with Crippen molar-refractivity contribution in [1.82, 2.24) is 20.4 Å². The highest BCUT2D eigenvalue weighted by Crippen LogP contribution is 2.26. The lowest BCUT2D eigenvalue weighted by Crippen LogP contribution is -2.37. The van der Waals surface area contributed by atoms with Crippen molar-refractivity contribution in [3.8, 4) is 5.75 Å². The van der Waals surface area contributed by atoms with Crippen LogP contribution in [0.4, 0.5) is 4.79 Å². The van der Waals surface area contributed by atoms with Crippen LogP contribution < -0.4 is 10.1 Å². The van der Waals surface area contributed by atoms with E-state index in [1.807, 2.05) is 17.9 Å². The van der Waals surface area contributed by atoms with Gasteiger partial charge in [-0.05, 0) is 37.5 Å². The van der Waals surface area contributed by atoms with Crippen LogP contribution in [0.25, 0.3) is 10.9 Å². The summed E-state index contributed by atoms with van der Waals surface area (Å²) >= 11 is 0. The predicted octanol–water partition coefficient (Wildman–Crippen LogP) is 3.35. The summed E-state index contributed by atoms with van der Waals surface area (Å²) in [6, 6.07) is 7.92. The van der Waals surface area contributed by atoms with Gasteiger partial charge in [-0.25, -0.2) is 4.79 Å². The van der Waals surface area contributed by atoms with E-state index in [1.54, 1.807) is 6.07 Å². The Balaban J connectivity index is 1.43. The lowest BCUT2D eigenvalue weighted by molar-refractivity contribution is 0.208. The molecule has 1 aliphatic heterocycles. The Kier molecular flexibility index (Phi) is 4.51. The van der Waals surface area contributed by atoms with Crippen molar-refractivity contribution in [2.45, 2.75) is 32.9 Å². The molecule has 0 bridgehead atoms. The Morgan fingerprint density at radius 1 is 1.35 bits per heavy atom. The maximum absolute atomic E-state index is 12.1. The smallest absolute Gasteiger partial charge is 0.317 e. The number of aromatic amines is 1. The largest absolute Gasteiger partial charge is 0.487 e. The fraction of sp³-hybridized carbons (Fsp3) is 0.368. The van der Waals surface area contributed by atoms with Crippen molar-refractivity contribution in [2.75, 3.05) is 13.1 Å². The van der Waals surface area contributed by atoms with E-state index in [4.69, 9.17) is 9.26 Å². The van der Waals surface area contributed by atoms with E-state index in [0.717, 1.165) is 59.5 Å². The predicted molar refractivity (Wildman–Crippen MR) is 96.9 cm³/mol. The highest BCUT2D eigenvalue weighted by atomic mass is 16.5. The monoisotopic (exact) mass is 354 g/mol. The van der Waals surface area contributed by atoms with Crippen molar-refractivity contribution >= 4 is 16.9 Å². The number of ether oxygens (including phenoxy) is 1. The first-order valence-corrected chi connectivity index (χ1v) is 8.86. The fourth-order valence-electron chi connectivity index (χ4n) is 3.25. The number of amides is 2. The number of carbonyl (C=O) groups is 1. The molecule has 1 aliphatic rings. The van der Waals surface area contributed by atoms with Crippen LogP contribution >= 0.6 is 0 Å². The fourth-order valence-corrected chi connectivity index (χ4v) is 3.25. The SMILES string of the molecule is Cc1cc2cc(CNC(=O)N3CCCC3)[nH]c2cc1OCc1ccon1. The number of hydrogen-bond donors (Lipinski definition) is 2. The van der Waals surface area contributed by atoms with E-state index in [2.05, 4.69) is 27.6 Å². The average molecular weight is 354 g/mol. The van der Waals surface area contributed by atoms with Gasteiger partial charge in [0, 0.05) is 41.8 Å². The molecule has 4 rings (SSSR count).